The quantitative estimate of drug-likeness (QED) is 0.785. The third-order valence-electron chi connectivity index (χ3n) is 2.95. The zero-order valence-electron chi connectivity index (χ0n) is 11.0. The van der Waals surface area contributed by atoms with Gasteiger partial charge in [0.1, 0.15) is 0 Å². The summed E-state index contributed by atoms with van der Waals surface area (Å²) in [5.74, 6) is -0.185. The van der Waals surface area contributed by atoms with E-state index in [1.54, 1.807) is 17.1 Å². The van der Waals surface area contributed by atoms with E-state index in [-0.39, 0.29) is 5.91 Å². The molecule has 0 unspecified atom stereocenters. The molecule has 1 N–H and O–H groups in total. The highest BCUT2D eigenvalue weighted by molar-refractivity contribution is 9.10. The van der Waals surface area contributed by atoms with Crippen molar-refractivity contribution in [1.82, 2.24) is 9.78 Å². The van der Waals surface area contributed by atoms with Crippen LogP contribution in [0.3, 0.4) is 0 Å². The minimum Gasteiger partial charge on any atom is -0.322 e. The van der Waals surface area contributed by atoms with Gasteiger partial charge in [0.2, 0.25) is 0 Å². The predicted octanol–water partition coefficient (Wildman–Crippen LogP) is 3.89. The first-order chi connectivity index (χ1) is 10.2. The molecule has 1 heterocycles. The van der Waals surface area contributed by atoms with E-state index in [4.69, 9.17) is 0 Å². The van der Waals surface area contributed by atoms with Crippen LogP contribution in [0.15, 0.2) is 71.5 Å². The van der Waals surface area contributed by atoms with Gasteiger partial charge in [0.25, 0.3) is 5.91 Å². The lowest BCUT2D eigenvalue weighted by atomic mass is 10.3. The van der Waals surface area contributed by atoms with Gasteiger partial charge >= 0.3 is 0 Å². The number of carbonyl (C=O) groups is 1. The first-order valence-electron chi connectivity index (χ1n) is 6.39. The topological polar surface area (TPSA) is 46.9 Å². The number of anilines is 1. The number of aromatic nitrogens is 2. The summed E-state index contributed by atoms with van der Waals surface area (Å²) >= 11 is 3.38. The fourth-order valence-electron chi connectivity index (χ4n) is 1.93. The third-order valence-corrected chi connectivity index (χ3v) is 3.44. The molecule has 21 heavy (non-hydrogen) atoms. The van der Waals surface area contributed by atoms with Crippen LogP contribution in [0.25, 0.3) is 5.69 Å². The Hall–Kier alpha value is -2.40. The number of para-hydroxylation sites is 1. The van der Waals surface area contributed by atoms with Crippen molar-refractivity contribution >= 4 is 27.5 Å². The average molecular weight is 342 g/mol. The molecule has 0 spiro atoms. The Kier molecular flexibility index (Phi) is 3.83. The van der Waals surface area contributed by atoms with Crippen LogP contribution in [0.4, 0.5) is 5.69 Å². The molecule has 0 atom stereocenters. The van der Waals surface area contributed by atoms with E-state index in [0.29, 0.717) is 5.56 Å². The molecule has 4 nitrogen and oxygen atoms in total. The number of carbonyl (C=O) groups excluding carboxylic acids is 1. The molecule has 3 aromatic rings. The van der Waals surface area contributed by atoms with Crippen molar-refractivity contribution in [3.8, 4) is 5.69 Å². The second-order valence-corrected chi connectivity index (χ2v) is 5.39. The van der Waals surface area contributed by atoms with Gasteiger partial charge in [-0.1, -0.05) is 40.2 Å². The van der Waals surface area contributed by atoms with Crippen molar-refractivity contribution in [2.24, 2.45) is 0 Å². The predicted molar refractivity (Wildman–Crippen MR) is 85.7 cm³/mol. The van der Waals surface area contributed by atoms with Crippen LogP contribution in [0.1, 0.15) is 10.4 Å². The Balaban J connectivity index is 1.78. The van der Waals surface area contributed by atoms with E-state index >= 15 is 0 Å². The maximum atomic E-state index is 12.2. The molecular weight excluding hydrogens is 330 g/mol. The molecule has 0 aliphatic rings. The van der Waals surface area contributed by atoms with Crippen molar-refractivity contribution < 1.29 is 4.79 Å². The molecule has 0 aliphatic heterocycles. The summed E-state index contributed by atoms with van der Waals surface area (Å²) in [5, 5.41) is 7.05. The van der Waals surface area contributed by atoms with Gasteiger partial charge < -0.3 is 5.32 Å². The monoisotopic (exact) mass is 341 g/mol. The van der Waals surface area contributed by atoms with Crippen LogP contribution in [-0.4, -0.2) is 15.7 Å². The minimum atomic E-state index is -0.185. The number of rotatable bonds is 3. The summed E-state index contributed by atoms with van der Waals surface area (Å²) in [4.78, 5) is 12.2. The molecular formula is C16H12BrN3O. The summed E-state index contributed by atoms with van der Waals surface area (Å²) < 4.78 is 2.59. The molecule has 0 saturated carbocycles. The molecule has 2 aromatic carbocycles. The normalized spacial score (nSPS) is 10.3. The molecule has 0 aliphatic carbocycles. The van der Waals surface area contributed by atoms with Crippen LogP contribution in [0.2, 0.25) is 0 Å². The van der Waals surface area contributed by atoms with Crippen LogP contribution in [0.5, 0.6) is 0 Å². The molecule has 104 valence electrons. The summed E-state index contributed by atoms with van der Waals surface area (Å²) in [5.41, 5.74) is 2.17. The van der Waals surface area contributed by atoms with Gasteiger partial charge in [-0.25, -0.2) is 4.68 Å². The number of nitrogens with zero attached hydrogens (tertiary/aromatic N) is 2. The van der Waals surface area contributed by atoms with Gasteiger partial charge in [-0.15, -0.1) is 0 Å². The van der Waals surface area contributed by atoms with Crippen LogP contribution in [-0.2, 0) is 0 Å². The fourth-order valence-corrected chi connectivity index (χ4v) is 2.33. The zero-order chi connectivity index (χ0) is 14.7. The van der Waals surface area contributed by atoms with Crippen LogP contribution in [0, 0.1) is 0 Å². The van der Waals surface area contributed by atoms with Crippen molar-refractivity contribution in [2.45, 2.75) is 0 Å². The standard InChI is InChI=1S/C16H12BrN3O/c17-13-5-4-6-14(9-13)19-16(21)12-10-18-20(11-12)15-7-2-1-3-8-15/h1-11H,(H,19,21). The van der Waals surface area contributed by atoms with E-state index in [0.717, 1.165) is 15.8 Å². The fraction of sp³-hybridized carbons (Fsp3) is 0. The SMILES string of the molecule is O=C(Nc1cccc(Br)c1)c1cnn(-c2ccccc2)c1. The second-order valence-electron chi connectivity index (χ2n) is 4.47. The Morgan fingerprint density at radius 1 is 1.10 bits per heavy atom. The summed E-state index contributed by atoms with van der Waals surface area (Å²) in [7, 11) is 0. The third kappa shape index (κ3) is 3.20. The van der Waals surface area contributed by atoms with Crippen molar-refractivity contribution in [1.29, 1.82) is 0 Å². The molecule has 0 saturated heterocycles. The summed E-state index contributed by atoms with van der Waals surface area (Å²) in [6.07, 6.45) is 3.27. The molecule has 5 heteroatoms. The molecule has 0 fully saturated rings. The highest BCUT2D eigenvalue weighted by atomic mass is 79.9. The van der Waals surface area contributed by atoms with Gasteiger partial charge in [-0.2, -0.15) is 5.10 Å². The van der Waals surface area contributed by atoms with Crippen molar-refractivity contribution in [2.75, 3.05) is 5.32 Å². The molecule has 0 bridgehead atoms. The Labute approximate surface area is 130 Å². The van der Waals surface area contributed by atoms with E-state index in [9.17, 15) is 4.79 Å². The molecule has 1 amide bonds. The lowest BCUT2D eigenvalue weighted by Crippen LogP contribution is -2.10. The minimum absolute atomic E-state index is 0.185. The van der Waals surface area contributed by atoms with Crippen molar-refractivity contribution in [3.05, 3.63) is 77.0 Å². The Morgan fingerprint density at radius 3 is 2.67 bits per heavy atom. The van der Waals surface area contributed by atoms with Gasteiger partial charge in [-0.05, 0) is 30.3 Å². The van der Waals surface area contributed by atoms with E-state index < -0.39 is 0 Å². The number of hydrogen-bond acceptors (Lipinski definition) is 2. The molecule has 1 aromatic heterocycles. The zero-order valence-corrected chi connectivity index (χ0v) is 12.6. The van der Waals surface area contributed by atoms with Gasteiger partial charge in [-0.3, -0.25) is 4.79 Å². The Bertz CT molecular complexity index is 768. The van der Waals surface area contributed by atoms with Crippen LogP contribution >= 0.6 is 15.9 Å². The largest absolute Gasteiger partial charge is 0.322 e. The van der Waals surface area contributed by atoms with Gasteiger partial charge in [0.05, 0.1) is 17.4 Å². The first kappa shape index (κ1) is 13.6. The number of halogens is 1. The average Bonchev–Trinajstić information content (AvgIpc) is 2.98. The van der Waals surface area contributed by atoms with E-state index in [1.165, 1.54) is 0 Å². The Morgan fingerprint density at radius 2 is 1.90 bits per heavy atom. The van der Waals surface area contributed by atoms with Crippen LogP contribution < -0.4 is 5.32 Å². The first-order valence-corrected chi connectivity index (χ1v) is 7.19. The lowest BCUT2D eigenvalue weighted by Gasteiger charge is -2.03. The van der Waals surface area contributed by atoms with E-state index in [2.05, 4.69) is 26.3 Å². The van der Waals surface area contributed by atoms with Gasteiger partial charge in [0, 0.05) is 16.4 Å². The molecule has 0 radical (unpaired) electrons. The summed E-state index contributed by atoms with van der Waals surface area (Å²) in [6.45, 7) is 0. The number of hydrogen-bond donors (Lipinski definition) is 1. The maximum absolute atomic E-state index is 12.2. The lowest BCUT2D eigenvalue weighted by molar-refractivity contribution is 0.102. The highest BCUT2D eigenvalue weighted by Gasteiger charge is 2.09. The van der Waals surface area contributed by atoms with Gasteiger partial charge in [0.15, 0.2) is 0 Å². The number of nitrogens with one attached hydrogen (secondary N) is 1. The maximum Gasteiger partial charge on any atom is 0.258 e. The summed E-state index contributed by atoms with van der Waals surface area (Å²) in [6, 6.07) is 17.1. The molecule has 3 rings (SSSR count). The number of benzene rings is 2. The van der Waals surface area contributed by atoms with Crippen molar-refractivity contribution in [3.63, 3.8) is 0 Å². The van der Waals surface area contributed by atoms with E-state index in [1.807, 2.05) is 54.6 Å². The second kappa shape index (κ2) is 5.93. The number of amides is 1. The highest BCUT2D eigenvalue weighted by Crippen LogP contribution is 2.16. The smallest absolute Gasteiger partial charge is 0.258 e.